The Morgan fingerprint density at radius 3 is 2.57 bits per heavy atom. The summed E-state index contributed by atoms with van der Waals surface area (Å²) < 4.78 is 26.0. The van der Waals surface area contributed by atoms with Crippen molar-refractivity contribution in [3.63, 3.8) is 0 Å². The van der Waals surface area contributed by atoms with E-state index in [2.05, 4.69) is 10.1 Å². The lowest BCUT2D eigenvalue weighted by Gasteiger charge is -2.07. The largest absolute Gasteiger partial charge is 0.493 e. The minimum atomic E-state index is -0.483. The maximum absolute atomic E-state index is 12.2. The highest BCUT2D eigenvalue weighted by atomic mass is 16.6. The van der Waals surface area contributed by atoms with Crippen LogP contribution in [0.25, 0.3) is 11.4 Å². The molecule has 8 heteroatoms. The topological polar surface area (TPSA) is 92.9 Å². The summed E-state index contributed by atoms with van der Waals surface area (Å²) in [5.74, 6) is 1.21. The molecule has 1 heterocycles. The summed E-state index contributed by atoms with van der Waals surface area (Å²) in [4.78, 5) is 16.5. The van der Waals surface area contributed by atoms with Gasteiger partial charge in [-0.15, -0.1) is 0 Å². The van der Waals surface area contributed by atoms with Gasteiger partial charge in [0.25, 0.3) is 5.89 Å². The molecule has 0 saturated carbocycles. The molecular weight excluding hydrogens is 364 g/mol. The van der Waals surface area contributed by atoms with Crippen LogP contribution in [0.2, 0.25) is 0 Å². The van der Waals surface area contributed by atoms with Crippen LogP contribution < -0.4 is 9.47 Å². The van der Waals surface area contributed by atoms with Crippen molar-refractivity contribution in [3.8, 4) is 22.9 Å². The van der Waals surface area contributed by atoms with Crippen LogP contribution >= 0.6 is 0 Å². The lowest BCUT2D eigenvalue weighted by atomic mass is 10.1. The van der Waals surface area contributed by atoms with E-state index in [9.17, 15) is 4.79 Å². The van der Waals surface area contributed by atoms with Gasteiger partial charge >= 0.3 is 5.97 Å². The number of ether oxygens (including phenoxy) is 4. The molecule has 8 nitrogen and oxygen atoms in total. The molecule has 0 radical (unpaired) electrons. The number of aromatic nitrogens is 2. The van der Waals surface area contributed by atoms with E-state index in [0.717, 1.165) is 5.56 Å². The molecule has 0 unspecified atom stereocenters. The van der Waals surface area contributed by atoms with Crippen LogP contribution in [0.15, 0.2) is 47.0 Å². The Hall–Kier alpha value is -3.39. The predicted octanol–water partition coefficient (Wildman–Crippen LogP) is 3.26. The van der Waals surface area contributed by atoms with E-state index in [0.29, 0.717) is 35.1 Å². The van der Waals surface area contributed by atoms with Gasteiger partial charge in [-0.3, -0.25) is 0 Å². The quantitative estimate of drug-likeness (QED) is 0.547. The third-order valence-corrected chi connectivity index (χ3v) is 3.91. The van der Waals surface area contributed by atoms with Gasteiger partial charge in [-0.25, -0.2) is 4.79 Å². The molecule has 0 N–H and O–H groups in total. The lowest BCUT2D eigenvalue weighted by Crippen LogP contribution is -2.06. The number of rotatable bonds is 8. The van der Waals surface area contributed by atoms with Crippen molar-refractivity contribution in [2.24, 2.45) is 0 Å². The Kier molecular flexibility index (Phi) is 6.23. The maximum Gasteiger partial charge on any atom is 0.338 e. The van der Waals surface area contributed by atoms with Crippen molar-refractivity contribution in [1.29, 1.82) is 0 Å². The fourth-order valence-electron chi connectivity index (χ4n) is 2.57. The summed E-state index contributed by atoms with van der Waals surface area (Å²) in [6.45, 7) is 0.285. The molecule has 0 aliphatic rings. The molecule has 3 aromatic rings. The number of hydrogen-bond donors (Lipinski definition) is 0. The SMILES string of the molecule is COCc1cccc(C(=O)OCc2nc(-c3ccc(OC)c(OC)c3)no2)c1. The first-order valence-corrected chi connectivity index (χ1v) is 8.44. The standard InChI is InChI=1S/C20H20N2O6/c1-24-11-13-5-4-6-15(9-13)20(23)27-12-18-21-19(22-28-18)14-7-8-16(25-2)17(10-14)26-3/h4-10H,11-12H2,1-3H3. The molecule has 2 aromatic carbocycles. The highest BCUT2D eigenvalue weighted by molar-refractivity contribution is 5.89. The minimum Gasteiger partial charge on any atom is -0.493 e. The van der Waals surface area contributed by atoms with Gasteiger partial charge in [-0.1, -0.05) is 17.3 Å². The summed E-state index contributed by atoms with van der Waals surface area (Å²) in [5, 5.41) is 3.92. The normalized spacial score (nSPS) is 10.5. The van der Waals surface area contributed by atoms with Gasteiger partial charge in [0.2, 0.25) is 5.82 Å². The second-order valence-corrected chi connectivity index (χ2v) is 5.79. The van der Waals surface area contributed by atoms with Crippen LogP contribution in [0.1, 0.15) is 21.8 Å². The van der Waals surface area contributed by atoms with E-state index in [4.69, 9.17) is 23.5 Å². The number of esters is 1. The lowest BCUT2D eigenvalue weighted by molar-refractivity contribution is 0.0429. The number of nitrogens with zero attached hydrogens (tertiary/aromatic N) is 2. The zero-order chi connectivity index (χ0) is 19.9. The van der Waals surface area contributed by atoms with Crippen LogP contribution in [0.5, 0.6) is 11.5 Å². The zero-order valence-corrected chi connectivity index (χ0v) is 15.8. The van der Waals surface area contributed by atoms with Gasteiger partial charge in [-0.05, 0) is 35.9 Å². The van der Waals surface area contributed by atoms with Crippen molar-refractivity contribution in [2.75, 3.05) is 21.3 Å². The van der Waals surface area contributed by atoms with Crippen LogP contribution in [-0.2, 0) is 22.7 Å². The second-order valence-electron chi connectivity index (χ2n) is 5.79. The number of hydrogen-bond acceptors (Lipinski definition) is 8. The predicted molar refractivity (Wildman–Crippen MR) is 99.1 cm³/mol. The molecule has 28 heavy (non-hydrogen) atoms. The number of carbonyl (C=O) groups is 1. The Morgan fingerprint density at radius 1 is 1.00 bits per heavy atom. The van der Waals surface area contributed by atoms with Gasteiger partial charge in [0, 0.05) is 12.7 Å². The van der Waals surface area contributed by atoms with Crippen molar-refractivity contribution >= 4 is 5.97 Å². The molecule has 0 aliphatic carbocycles. The fourth-order valence-corrected chi connectivity index (χ4v) is 2.57. The highest BCUT2D eigenvalue weighted by Gasteiger charge is 2.14. The third-order valence-electron chi connectivity index (χ3n) is 3.91. The third kappa shape index (κ3) is 4.47. The first-order valence-electron chi connectivity index (χ1n) is 8.44. The maximum atomic E-state index is 12.2. The average Bonchev–Trinajstić information content (AvgIpc) is 3.21. The summed E-state index contributed by atoms with van der Waals surface area (Å²) in [5.41, 5.74) is 1.99. The molecule has 0 atom stereocenters. The van der Waals surface area contributed by atoms with Crippen LogP contribution in [0.3, 0.4) is 0 Å². The fraction of sp³-hybridized carbons (Fsp3) is 0.250. The summed E-state index contributed by atoms with van der Waals surface area (Å²) in [7, 11) is 4.70. The number of methoxy groups -OCH3 is 3. The van der Waals surface area contributed by atoms with Crippen molar-refractivity contribution < 1.29 is 28.3 Å². The van der Waals surface area contributed by atoms with E-state index in [1.807, 2.05) is 6.07 Å². The summed E-state index contributed by atoms with van der Waals surface area (Å²) >= 11 is 0. The number of carbonyl (C=O) groups excluding carboxylic acids is 1. The average molecular weight is 384 g/mol. The number of benzene rings is 2. The first kappa shape index (κ1) is 19.4. The Morgan fingerprint density at radius 2 is 1.82 bits per heavy atom. The van der Waals surface area contributed by atoms with E-state index < -0.39 is 5.97 Å². The van der Waals surface area contributed by atoms with Crippen molar-refractivity contribution in [2.45, 2.75) is 13.2 Å². The molecule has 0 aliphatic heterocycles. The van der Waals surface area contributed by atoms with E-state index >= 15 is 0 Å². The molecule has 146 valence electrons. The van der Waals surface area contributed by atoms with E-state index in [-0.39, 0.29) is 12.5 Å². The molecular formula is C20H20N2O6. The monoisotopic (exact) mass is 384 g/mol. The van der Waals surface area contributed by atoms with Gasteiger partial charge in [0.05, 0.1) is 26.4 Å². The molecule has 1 aromatic heterocycles. The van der Waals surface area contributed by atoms with E-state index in [1.165, 1.54) is 0 Å². The minimum absolute atomic E-state index is 0.131. The van der Waals surface area contributed by atoms with Crippen molar-refractivity contribution in [3.05, 3.63) is 59.5 Å². The Balaban J connectivity index is 1.66. The summed E-state index contributed by atoms with van der Waals surface area (Å²) in [6.07, 6.45) is 0. The molecule has 0 bridgehead atoms. The molecule has 0 fully saturated rings. The molecule has 0 amide bonds. The zero-order valence-electron chi connectivity index (χ0n) is 15.8. The van der Waals surface area contributed by atoms with Crippen molar-refractivity contribution in [1.82, 2.24) is 10.1 Å². The molecule has 3 rings (SSSR count). The first-order chi connectivity index (χ1) is 13.6. The summed E-state index contributed by atoms with van der Waals surface area (Å²) in [6, 6.07) is 12.3. The van der Waals surface area contributed by atoms with E-state index in [1.54, 1.807) is 57.7 Å². The van der Waals surface area contributed by atoms with Gasteiger partial charge < -0.3 is 23.5 Å². The van der Waals surface area contributed by atoms with Gasteiger partial charge in [0.15, 0.2) is 18.1 Å². The Bertz CT molecular complexity index is 953. The van der Waals surface area contributed by atoms with Gasteiger partial charge in [-0.2, -0.15) is 4.98 Å². The van der Waals surface area contributed by atoms with Crippen LogP contribution in [0.4, 0.5) is 0 Å². The molecule has 0 spiro atoms. The Labute approximate surface area is 162 Å². The highest BCUT2D eigenvalue weighted by Crippen LogP contribution is 2.31. The van der Waals surface area contributed by atoms with Crippen LogP contribution in [0, 0.1) is 0 Å². The van der Waals surface area contributed by atoms with Crippen LogP contribution in [-0.4, -0.2) is 37.4 Å². The smallest absolute Gasteiger partial charge is 0.338 e. The second kappa shape index (κ2) is 9.01. The van der Waals surface area contributed by atoms with Gasteiger partial charge in [0.1, 0.15) is 0 Å². The molecule has 0 saturated heterocycles.